The molecule has 154 valence electrons. The predicted molar refractivity (Wildman–Crippen MR) is 121 cm³/mol. The van der Waals surface area contributed by atoms with Crippen LogP contribution in [0.15, 0.2) is 53.9 Å². The molecular weight excluding hydrogens is 400 g/mol. The summed E-state index contributed by atoms with van der Waals surface area (Å²) in [4.78, 5) is 29.0. The van der Waals surface area contributed by atoms with Crippen molar-refractivity contribution in [2.24, 2.45) is 0 Å². The van der Waals surface area contributed by atoms with Gasteiger partial charge in [-0.15, -0.1) is 11.3 Å². The molecule has 0 fully saturated rings. The molecule has 7 nitrogen and oxygen atoms in total. The number of nitrogens with zero attached hydrogens (tertiary/aromatic N) is 3. The van der Waals surface area contributed by atoms with Crippen LogP contribution in [0.4, 0.5) is 22.7 Å². The standard InChI is InChI=1S/C22H22N4O3S/c1-24(2)20-8-7-18(26(28)29)13-19(20)22(27)23-16-3-5-17(6-4-16)25-11-9-21-15(14-25)10-12-30-21/h3-8,10,12-13H,9,11,14H2,1-2H3,(H,23,27). The number of anilines is 3. The van der Waals surface area contributed by atoms with Crippen molar-refractivity contribution in [1.29, 1.82) is 0 Å². The second-order valence-corrected chi connectivity index (χ2v) is 8.40. The Bertz CT molecular complexity index is 1090. The van der Waals surface area contributed by atoms with Crippen LogP contribution in [-0.4, -0.2) is 31.5 Å². The molecule has 1 aliphatic heterocycles. The Labute approximate surface area is 178 Å². The molecule has 8 heteroatoms. The van der Waals surface area contributed by atoms with Crippen LogP contribution in [0.25, 0.3) is 0 Å². The molecule has 0 spiro atoms. The van der Waals surface area contributed by atoms with Gasteiger partial charge in [-0.1, -0.05) is 0 Å². The van der Waals surface area contributed by atoms with Crippen LogP contribution in [0.5, 0.6) is 0 Å². The molecule has 30 heavy (non-hydrogen) atoms. The number of nitrogens with one attached hydrogen (secondary N) is 1. The van der Waals surface area contributed by atoms with E-state index in [1.165, 1.54) is 22.6 Å². The molecule has 0 aliphatic carbocycles. The number of hydrogen-bond acceptors (Lipinski definition) is 6. The minimum absolute atomic E-state index is 0.112. The topological polar surface area (TPSA) is 78.7 Å². The van der Waals surface area contributed by atoms with Crippen LogP contribution >= 0.6 is 11.3 Å². The molecule has 0 atom stereocenters. The first kappa shape index (κ1) is 19.9. The number of fused-ring (bicyclic) bond motifs is 1. The summed E-state index contributed by atoms with van der Waals surface area (Å²) in [6, 6.07) is 14.2. The maximum absolute atomic E-state index is 12.8. The Balaban J connectivity index is 1.50. The van der Waals surface area contributed by atoms with Crippen molar-refractivity contribution in [2.75, 3.05) is 35.8 Å². The Kier molecular flexibility index (Phi) is 5.41. The van der Waals surface area contributed by atoms with Crippen molar-refractivity contribution in [2.45, 2.75) is 13.0 Å². The molecule has 4 rings (SSSR count). The Morgan fingerprint density at radius 3 is 2.63 bits per heavy atom. The van der Waals surface area contributed by atoms with Gasteiger partial charge in [0.05, 0.1) is 10.5 Å². The number of nitro benzene ring substituents is 1. The second-order valence-electron chi connectivity index (χ2n) is 7.39. The van der Waals surface area contributed by atoms with E-state index < -0.39 is 4.92 Å². The quantitative estimate of drug-likeness (QED) is 0.482. The van der Waals surface area contributed by atoms with Crippen molar-refractivity contribution < 1.29 is 9.72 Å². The fraction of sp³-hybridized carbons (Fsp3) is 0.227. The van der Waals surface area contributed by atoms with Crippen LogP contribution in [0.3, 0.4) is 0 Å². The third-order valence-electron chi connectivity index (χ3n) is 5.22. The van der Waals surface area contributed by atoms with Crippen molar-refractivity contribution in [3.8, 4) is 0 Å². The molecule has 1 amide bonds. The second kappa shape index (κ2) is 8.16. The van der Waals surface area contributed by atoms with E-state index in [-0.39, 0.29) is 17.2 Å². The minimum Gasteiger partial charge on any atom is -0.377 e. The average Bonchev–Trinajstić information content (AvgIpc) is 3.21. The van der Waals surface area contributed by atoms with Crippen LogP contribution in [0, 0.1) is 10.1 Å². The third kappa shape index (κ3) is 3.99. The first-order valence-electron chi connectivity index (χ1n) is 9.60. The fourth-order valence-electron chi connectivity index (χ4n) is 3.63. The van der Waals surface area contributed by atoms with Crippen molar-refractivity contribution in [3.05, 3.63) is 80.0 Å². The number of rotatable bonds is 5. The summed E-state index contributed by atoms with van der Waals surface area (Å²) < 4.78 is 0. The number of non-ortho nitro benzene ring substituents is 1. The number of nitro groups is 1. The van der Waals surface area contributed by atoms with Gasteiger partial charge in [0.1, 0.15) is 0 Å². The zero-order valence-electron chi connectivity index (χ0n) is 16.8. The van der Waals surface area contributed by atoms with Gasteiger partial charge in [0.15, 0.2) is 0 Å². The summed E-state index contributed by atoms with van der Waals surface area (Å²) in [5.74, 6) is -0.379. The van der Waals surface area contributed by atoms with E-state index in [2.05, 4.69) is 21.7 Å². The van der Waals surface area contributed by atoms with Gasteiger partial charge < -0.3 is 15.1 Å². The molecule has 2 aromatic carbocycles. The maximum Gasteiger partial charge on any atom is 0.270 e. The molecule has 0 radical (unpaired) electrons. The predicted octanol–water partition coefficient (Wildman–Crippen LogP) is 4.54. The van der Waals surface area contributed by atoms with Gasteiger partial charge in [-0.05, 0) is 53.8 Å². The van der Waals surface area contributed by atoms with E-state index in [4.69, 9.17) is 0 Å². The summed E-state index contributed by atoms with van der Waals surface area (Å²) in [5, 5.41) is 16.1. The number of thiophene rings is 1. The normalized spacial score (nSPS) is 12.9. The van der Waals surface area contributed by atoms with Gasteiger partial charge in [-0.3, -0.25) is 14.9 Å². The molecule has 0 bridgehead atoms. The lowest BCUT2D eigenvalue weighted by Gasteiger charge is -2.29. The third-order valence-corrected chi connectivity index (χ3v) is 6.24. The fourth-order valence-corrected chi connectivity index (χ4v) is 4.52. The van der Waals surface area contributed by atoms with Gasteiger partial charge in [0.2, 0.25) is 0 Å². The van der Waals surface area contributed by atoms with Crippen LogP contribution in [0.1, 0.15) is 20.8 Å². The van der Waals surface area contributed by atoms with Crippen LogP contribution in [-0.2, 0) is 13.0 Å². The van der Waals surface area contributed by atoms with Crippen LogP contribution in [0.2, 0.25) is 0 Å². The summed E-state index contributed by atoms with van der Waals surface area (Å²) in [7, 11) is 3.59. The van der Waals surface area contributed by atoms with Gasteiger partial charge in [0, 0.05) is 61.3 Å². The largest absolute Gasteiger partial charge is 0.377 e. The Morgan fingerprint density at radius 2 is 1.93 bits per heavy atom. The maximum atomic E-state index is 12.8. The summed E-state index contributed by atoms with van der Waals surface area (Å²) in [5.41, 5.74) is 3.90. The first-order chi connectivity index (χ1) is 14.4. The highest BCUT2D eigenvalue weighted by molar-refractivity contribution is 7.10. The Morgan fingerprint density at radius 1 is 1.17 bits per heavy atom. The van der Waals surface area contributed by atoms with Crippen LogP contribution < -0.4 is 15.1 Å². The Hall–Kier alpha value is -3.39. The summed E-state index contributed by atoms with van der Waals surface area (Å²) >= 11 is 1.82. The van der Waals surface area contributed by atoms with Gasteiger partial charge in [0.25, 0.3) is 11.6 Å². The molecule has 3 aromatic rings. The van der Waals surface area contributed by atoms with E-state index in [0.717, 1.165) is 25.2 Å². The average molecular weight is 423 g/mol. The van der Waals surface area contributed by atoms with E-state index in [9.17, 15) is 14.9 Å². The summed E-state index contributed by atoms with van der Waals surface area (Å²) in [6.07, 6.45) is 1.05. The molecule has 1 N–H and O–H groups in total. The van der Waals surface area contributed by atoms with Gasteiger partial charge >= 0.3 is 0 Å². The van der Waals surface area contributed by atoms with Crippen molar-refractivity contribution >= 4 is 40.0 Å². The van der Waals surface area contributed by atoms with E-state index in [0.29, 0.717) is 11.4 Å². The summed E-state index contributed by atoms with van der Waals surface area (Å²) in [6.45, 7) is 1.86. The number of benzene rings is 2. The monoisotopic (exact) mass is 422 g/mol. The zero-order chi connectivity index (χ0) is 21.3. The highest BCUT2D eigenvalue weighted by Crippen LogP contribution is 2.29. The molecule has 1 aromatic heterocycles. The number of carbonyl (C=O) groups excluding carboxylic acids is 1. The highest BCUT2D eigenvalue weighted by Gasteiger charge is 2.19. The van der Waals surface area contributed by atoms with Crippen molar-refractivity contribution in [3.63, 3.8) is 0 Å². The van der Waals surface area contributed by atoms with Crippen molar-refractivity contribution in [1.82, 2.24) is 0 Å². The lowest BCUT2D eigenvalue weighted by Crippen LogP contribution is -2.29. The number of amides is 1. The SMILES string of the molecule is CN(C)c1ccc([N+](=O)[O-])cc1C(=O)Nc1ccc(N2CCc3sccc3C2)cc1. The number of carbonyl (C=O) groups is 1. The molecule has 1 aliphatic rings. The molecule has 0 unspecified atom stereocenters. The smallest absolute Gasteiger partial charge is 0.270 e. The van der Waals surface area contributed by atoms with Gasteiger partial charge in [-0.2, -0.15) is 0 Å². The minimum atomic E-state index is -0.497. The first-order valence-corrected chi connectivity index (χ1v) is 10.5. The van der Waals surface area contributed by atoms with E-state index >= 15 is 0 Å². The highest BCUT2D eigenvalue weighted by atomic mass is 32.1. The lowest BCUT2D eigenvalue weighted by atomic mass is 10.1. The zero-order valence-corrected chi connectivity index (χ0v) is 17.6. The molecular formula is C22H22N4O3S. The molecule has 2 heterocycles. The van der Waals surface area contributed by atoms with E-state index in [1.807, 2.05) is 35.6 Å². The number of hydrogen-bond donors (Lipinski definition) is 1. The lowest BCUT2D eigenvalue weighted by molar-refractivity contribution is -0.384. The van der Waals surface area contributed by atoms with E-state index in [1.54, 1.807) is 25.1 Å². The van der Waals surface area contributed by atoms with Gasteiger partial charge in [-0.25, -0.2) is 0 Å². The molecule has 0 saturated heterocycles. The molecule has 0 saturated carbocycles.